The summed E-state index contributed by atoms with van der Waals surface area (Å²) in [6.45, 7) is 0. The second-order valence-corrected chi connectivity index (χ2v) is 2.84. The summed E-state index contributed by atoms with van der Waals surface area (Å²) >= 11 is 0. The first-order valence-corrected chi connectivity index (χ1v) is 3.53. The van der Waals surface area contributed by atoms with Crippen LogP contribution in [0.5, 0.6) is 0 Å². The van der Waals surface area contributed by atoms with Crippen LogP contribution in [0.3, 0.4) is 0 Å². The van der Waals surface area contributed by atoms with Gasteiger partial charge in [-0.25, -0.2) is 0 Å². The number of allylic oxidation sites excluding steroid dienone is 2. The second kappa shape index (κ2) is 1.87. The molecule has 0 aromatic heterocycles. The van der Waals surface area contributed by atoms with Gasteiger partial charge in [0.2, 0.25) is 11.6 Å². The monoisotopic (exact) mass is 150 g/mol. The van der Waals surface area contributed by atoms with E-state index in [4.69, 9.17) is 0 Å². The van der Waals surface area contributed by atoms with Gasteiger partial charge in [0.05, 0.1) is 0 Å². The molecule has 0 aliphatic heterocycles. The van der Waals surface area contributed by atoms with Crippen LogP contribution in [0.15, 0.2) is 11.1 Å². The third kappa shape index (κ3) is 0.707. The molecule has 0 heterocycles. The van der Waals surface area contributed by atoms with Crippen LogP contribution in [0.1, 0.15) is 19.3 Å². The fourth-order valence-electron chi connectivity index (χ4n) is 1.43. The van der Waals surface area contributed by atoms with E-state index < -0.39 is 17.3 Å². The average Bonchev–Trinajstić information content (AvgIpc) is 1.93. The van der Waals surface area contributed by atoms with E-state index in [1.54, 1.807) is 0 Å². The SMILES string of the molecule is O=C1CC2=C(CC2)C(=O)C1=O. The molecule has 0 N–H and O–H groups in total. The van der Waals surface area contributed by atoms with E-state index in [1.807, 2.05) is 0 Å². The van der Waals surface area contributed by atoms with E-state index in [-0.39, 0.29) is 6.42 Å². The molecule has 0 unspecified atom stereocenters. The first-order chi connectivity index (χ1) is 5.20. The predicted molar refractivity (Wildman–Crippen MR) is 35.9 cm³/mol. The Labute approximate surface area is 63.1 Å². The lowest BCUT2D eigenvalue weighted by molar-refractivity contribution is -0.143. The molecule has 0 saturated heterocycles. The van der Waals surface area contributed by atoms with E-state index in [1.165, 1.54) is 0 Å². The first kappa shape index (κ1) is 6.46. The number of Topliss-reactive ketones (excluding diaryl/α,β-unsaturated/α-hetero) is 3. The minimum absolute atomic E-state index is 0.194. The topological polar surface area (TPSA) is 51.2 Å². The standard InChI is InChI=1S/C8H6O3/c9-6-3-4-1-2-5(4)7(10)8(6)11/h1-3H2. The van der Waals surface area contributed by atoms with Gasteiger partial charge in [-0.1, -0.05) is 5.57 Å². The first-order valence-electron chi connectivity index (χ1n) is 3.53. The van der Waals surface area contributed by atoms with Crippen molar-refractivity contribution in [3.8, 4) is 0 Å². The van der Waals surface area contributed by atoms with Gasteiger partial charge in [-0.3, -0.25) is 14.4 Å². The summed E-state index contributed by atoms with van der Waals surface area (Å²) in [6.07, 6.45) is 1.70. The van der Waals surface area contributed by atoms with Crippen molar-refractivity contribution in [3.05, 3.63) is 11.1 Å². The van der Waals surface area contributed by atoms with Gasteiger partial charge in [0.1, 0.15) is 0 Å². The number of carbonyl (C=O) groups is 3. The number of rotatable bonds is 0. The Kier molecular flexibility index (Phi) is 1.10. The van der Waals surface area contributed by atoms with Gasteiger partial charge in [-0.15, -0.1) is 0 Å². The van der Waals surface area contributed by atoms with Crippen molar-refractivity contribution in [1.82, 2.24) is 0 Å². The smallest absolute Gasteiger partial charge is 0.268 e. The summed E-state index contributed by atoms with van der Waals surface area (Å²) in [5.74, 6) is -1.90. The Morgan fingerprint density at radius 2 is 1.64 bits per heavy atom. The van der Waals surface area contributed by atoms with E-state index >= 15 is 0 Å². The Morgan fingerprint density at radius 1 is 0.909 bits per heavy atom. The molecule has 2 aliphatic rings. The van der Waals surface area contributed by atoms with Crippen molar-refractivity contribution in [2.75, 3.05) is 0 Å². The molecule has 3 heteroatoms. The summed E-state index contributed by atoms with van der Waals surface area (Å²) in [7, 11) is 0. The second-order valence-electron chi connectivity index (χ2n) is 2.84. The normalized spacial score (nSPS) is 23.5. The highest BCUT2D eigenvalue weighted by atomic mass is 16.2. The van der Waals surface area contributed by atoms with Crippen LogP contribution in [0.25, 0.3) is 0 Å². The Balaban J connectivity index is 2.46. The van der Waals surface area contributed by atoms with Gasteiger partial charge in [0.25, 0.3) is 5.78 Å². The van der Waals surface area contributed by atoms with Gasteiger partial charge >= 0.3 is 0 Å². The van der Waals surface area contributed by atoms with Gasteiger partial charge < -0.3 is 0 Å². The number of hydrogen-bond donors (Lipinski definition) is 0. The summed E-state index contributed by atoms with van der Waals surface area (Å²) in [5.41, 5.74) is 1.49. The third-order valence-corrected chi connectivity index (χ3v) is 2.21. The van der Waals surface area contributed by atoms with Gasteiger partial charge in [0, 0.05) is 12.0 Å². The molecule has 11 heavy (non-hydrogen) atoms. The maximum Gasteiger partial charge on any atom is 0.268 e. The molecule has 3 nitrogen and oxygen atoms in total. The quantitative estimate of drug-likeness (QED) is 0.463. The van der Waals surface area contributed by atoms with E-state index in [0.29, 0.717) is 12.0 Å². The largest absolute Gasteiger partial charge is 0.290 e. The van der Waals surface area contributed by atoms with Crippen molar-refractivity contribution in [2.24, 2.45) is 0 Å². The summed E-state index contributed by atoms with van der Waals surface area (Å²) < 4.78 is 0. The summed E-state index contributed by atoms with van der Waals surface area (Å²) in [4.78, 5) is 32.5. The van der Waals surface area contributed by atoms with E-state index in [9.17, 15) is 14.4 Å². The molecule has 0 radical (unpaired) electrons. The van der Waals surface area contributed by atoms with Crippen LogP contribution in [0.4, 0.5) is 0 Å². The lowest BCUT2D eigenvalue weighted by Crippen LogP contribution is -2.34. The highest BCUT2D eigenvalue weighted by molar-refractivity contribution is 6.68. The molecule has 0 atom stereocenters. The molecule has 0 bridgehead atoms. The molecular formula is C8H6O3. The number of carbonyl (C=O) groups excluding carboxylic acids is 3. The zero-order chi connectivity index (χ0) is 8.01. The summed E-state index contributed by atoms with van der Waals surface area (Å²) in [5, 5.41) is 0. The molecule has 0 aromatic carbocycles. The molecule has 2 rings (SSSR count). The predicted octanol–water partition coefficient (Wildman–Crippen LogP) is 0.188. The van der Waals surface area contributed by atoms with Crippen LogP contribution < -0.4 is 0 Å². The third-order valence-electron chi connectivity index (χ3n) is 2.21. The van der Waals surface area contributed by atoms with Crippen molar-refractivity contribution < 1.29 is 14.4 Å². The molecule has 0 fully saturated rings. The Bertz CT molecular complexity index is 309. The molecular weight excluding hydrogens is 144 g/mol. The molecule has 0 spiro atoms. The maximum absolute atomic E-state index is 11.0. The van der Waals surface area contributed by atoms with Gasteiger partial charge in [-0.2, -0.15) is 0 Å². The van der Waals surface area contributed by atoms with Crippen molar-refractivity contribution >= 4 is 17.3 Å². The Hall–Kier alpha value is -1.25. The molecule has 0 amide bonds. The van der Waals surface area contributed by atoms with E-state index in [2.05, 4.69) is 0 Å². The fourth-order valence-corrected chi connectivity index (χ4v) is 1.43. The minimum atomic E-state index is -0.816. The average molecular weight is 150 g/mol. The Morgan fingerprint density at radius 3 is 2.18 bits per heavy atom. The van der Waals surface area contributed by atoms with Crippen molar-refractivity contribution in [2.45, 2.75) is 19.3 Å². The van der Waals surface area contributed by atoms with E-state index in [0.717, 1.165) is 12.0 Å². The molecule has 0 saturated carbocycles. The molecule has 2 aliphatic carbocycles. The van der Waals surface area contributed by atoms with Crippen LogP contribution >= 0.6 is 0 Å². The number of hydrogen-bond acceptors (Lipinski definition) is 3. The van der Waals surface area contributed by atoms with Crippen LogP contribution in [-0.2, 0) is 14.4 Å². The lowest BCUT2D eigenvalue weighted by atomic mass is 9.76. The zero-order valence-electron chi connectivity index (χ0n) is 5.85. The van der Waals surface area contributed by atoms with Crippen molar-refractivity contribution in [3.63, 3.8) is 0 Å². The van der Waals surface area contributed by atoms with Crippen LogP contribution in [0.2, 0.25) is 0 Å². The zero-order valence-corrected chi connectivity index (χ0v) is 5.85. The molecule has 0 aromatic rings. The fraction of sp³-hybridized carbons (Fsp3) is 0.375. The van der Waals surface area contributed by atoms with Gasteiger partial charge in [0.15, 0.2) is 0 Å². The maximum atomic E-state index is 11.0. The highest BCUT2D eigenvalue weighted by Gasteiger charge is 2.37. The lowest BCUT2D eigenvalue weighted by Gasteiger charge is -2.24. The van der Waals surface area contributed by atoms with Crippen LogP contribution in [-0.4, -0.2) is 17.3 Å². The minimum Gasteiger partial charge on any atom is -0.290 e. The molecule has 56 valence electrons. The summed E-state index contributed by atoms with van der Waals surface area (Å²) in [6, 6.07) is 0. The highest BCUT2D eigenvalue weighted by Crippen LogP contribution is 2.34. The number of ketones is 3. The van der Waals surface area contributed by atoms with Gasteiger partial charge in [-0.05, 0) is 12.8 Å². The van der Waals surface area contributed by atoms with Crippen molar-refractivity contribution in [1.29, 1.82) is 0 Å². The van der Waals surface area contributed by atoms with Crippen LogP contribution in [0, 0.1) is 0 Å².